The normalized spacial score (nSPS) is 24.2. The van der Waals surface area contributed by atoms with Crippen molar-refractivity contribution in [1.82, 2.24) is 9.62 Å². The van der Waals surface area contributed by atoms with E-state index in [0.29, 0.717) is 11.7 Å². The molecule has 0 spiro atoms. The average molecular weight is 305 g/mol. The third kappa shape index (κ3) is 5.70. The van der Waals surface area contributed by atoms with Crippen molar-refractivity contribution < 1.29 is 8.42 Å². The van der Waals surface area contributed by atoms with Gasteiger partial charge in [-0.2, -0.15) is 0 Å². The highest BCUT2D eigenvalue weighted by atomic mass is 32.2. The molecule has 5 heteroatoms. The van der Waals surface area contributed by atoms with Crippen molar-refractivity contribution in [3.63, 3.8) is 0 Å². The second-order valence-corrected chi connectivity index (χ2v) is 8.27. The Balaban J connectivity index is 2.35. The van der Waals surface area contributed by atoms with Gasteiger partial charge in [0.1, 0.15) is 0 Å². The predicted molar refractivity (Wildman–Crippen MR) is 85.4 cm³/mol. The Bertz CT molecular complexity index is 357. The molecule has 1 rings (SSSR count). The van der Waals surface area contributed by atoms with Crippen molar-refractivity contribution in [1.29, 1.82) is 0 Å². The summed E-state index contributed by atoms with van der Waals surface area (Å²) in [5.74, 6) is 0.787. The Morgan fingerprint density at radius 2 is 1.85 bits per heavy atom. The lowest BCUT2D eigenvalue weighted by Crippen LogP contribution is -2.43. The van der Waals surface area contributed by atoms with E-state index in [4.69, 9.17) is 0 Å². The molecule has 4 nitrogen and oxygen atoms in total. The SMILES string of the molecule is CCCNCCCCS(=O)(=O)N(C)C1CCCCC1C. The molecule has 1 aliphatic rings. The molecule has 0 aromatic heterocycles. The van der Waals surface area contributed by atoms with Crippen LogP contribution in [-0.4, -0.2) is 44.7 Å². The van der Waals surface area contributed by atoms with E-state index in [0.717, 1.165) is 51.6 Å². The number of rotatable bonds is 9. The first kappa shape index (κ1) is 17.9. The summed E-state index contributed by atoms with van der Waals surface area (Å²) >= 11 is 0. The minimum absolute atomic E-state index is 0.215. The molecule has 0 heterocycles. The van der Waals surface area contributed by atoms with E-state index in [1.54, 1.807) is 11.4 Å². The van der Waals surface area contributed by atoms with E-state index in [1.165, 1.54) is 6.42 Å². The Hall–Kier alpha value is -0.130. The first-order chi connectivity index (χ1) is 9.49. The maximum atomic E-state index is 12.4. The monoisotopic (exact) mass is 304 g/mol. The standard InChI is InChI=1S/C15H32N2O2S/c1-4-11-16-12-7-8-13-20(18,19)17(3)15-10-6-5-9-14(15)2/h14-16H,4-13H2,1-3H3. The zero-order valence-corrected chi connectivity index (χ0v) is 14.2. The van der Waals surface area contributed by atoms with Crippen LogP contribution in [0.1, 0.15) is 58.8 Å². The Morgan fingerprint density at radius 3 is 2.50 bits per heavy atom. The van der Waals surface area contributed by atoms with Crippen molar-refractivity contribution in [2.75, 3.05) is 25.9 Å². The Labute approximate surface area is 125 Å². The van der Waals surface area contributed by atoms with Gasteiger partial charge in [-0.1, -0.05) is 26.7 Å². The summed E-state index contributed by atoms with van der Waals surface area (Å²) in [5.41, 5.74) is 0. The van der Waals surface area contributed by atoms with Crippen LogP contribution in [0.3, 0.4) is 0 Å². The van der Waals surface area contributed by atoms with Gasteiger partial charge in [0.05, 0.1) is 5.75 Å². The third-order valence-corrected chi connectivity index (χ3v) is 6.36. The molecule has 0 amide bonds. The van der Waals surface area contributed by atoms with Crippen LogP contribution in [0.4, 0.5) is 0 Å². The molecule has 0 aromatic carbocycles. The van der Waals surface area contributed by atoms with Crippen LogP contribution in [0.15, 0.2) is 0 Å². The van der Waals surface area contributed by atoms with Crippen LogP contribution in [-0.2, 0) is 10.0 Å². The average Bonchev–Trinajstić information content (AvgIpc) is 2.42. The molecular formula is C15H32N2O2S. The molecule has 1 fully saturated rings. The van der Waals surface area contributed by atoms with Crippen molar-refractivity contribution >= 4 is 10.0 Å². The maximum Gasteiger partial charge on any atom is 0.214 e. The van der Waals surface area contributed by atoms with Crippen LogP contribution in [0.25, 0.3) is 0 Å². The lowest BCUT2D eigenvalue weighted by Gasteiger charge is -2.35. The number of nitrogens with zero attached hydrogens (tertiary/aromatic N) is 1. The summed E-state index contributed by atoms with van der Waals surface area (Å²) in [6, 6.07) is 0.215. The van der Waals surface area contributed by atoms with Gasteiger partial charge in [-0.15, -0.1) is 0 Å². The zero-order chi connectivity index (χ0) is 15.0. The van der Waals surface area contributed by atoms with Crippen LogP contribution in [0, 0.1) is 5.92 Å². The highest BCUT2D eigenvalue weighted by molar-refractivity contribution is 7.89. The van der Waals surface area contributed by atoms with E-state index in [2.05, 4.69) is 19.2 Å². The topological polar surface area (TPSA) is 49.4 Å². The Kier molecular flexibility index (Phi) is 8.07. The summed E-state index contributed by atoms with van der Waals surface area (Å²) in [7, 11) is -1.31. The van der Waals surface area contributed by atoms with Gasteiger partial charge in [0.2, 0.25) is 10.0 Å². The van der Waals surface area contributed by atoms with Gasteiger partial charge >= 0.3 is 0 Å². The van der Waals surface area contributed by atoms with Gasteiger partial charge in [-0.05, 0) is 51.1 Å². The van der Waals surface area contributed by atoms with Crippen LogP contribution < -0.4 is 5.32 Å². The molecule has 0 saturated heterocycles. The Morgan fingerprint density at radius 1 is 1.15 bits per heavy atom. The van der Waals surface area contributed by atoms with Crippen molar-refractivity contribution in [3.8, 4) is 0 Å². The molecule has 2 atom stereocenters. The highest BCUT2D eigenvalue weighted by Crippen LogP contribution is 2.29. The smallest absolute Gasteiger partial charge is 0.214 e. The minimum atomic E-state index is -3.08. The summed E-state index contributed by atoms with van der Waals surface area (Å²) in [4.78, 5) is 0. The molecule has 0 radical (unpaired) electrons. The lowest BCUT2D eigenvalue weighted by molar-refractivity contribution is 0.213. The highest BCUT2D eigenvalue weighted by Gasteiger charge is 2.31. The second kappa shape index (κ2) is 9.00. The molecule has 1 saturated carbocycles. The minimum Gasteiger partial charge on any atom is -0.317 e. The van der Waals surface area contributed by atoms with Gasteiger partial charge in [-0.3, -0.25) is 0 Å². The maximum absolute atomic E-state index is 12.4. The van der Waals surface area contributed by atoms with Gasteiger partial charge < -0.3 is 5.32 Å². The summed E-state index contributed by atoms with van der Waals surface area (Å²) in [6.07, 6.45) is 7.41. The number of nitrogens with one attached hydrogen (secondary N) is 1. The summed E-state index contributed by atoms with van der Waals surface area (Å²) < 4.78 is 26.4. The van der Waals surface area contributed by atoms with E-state index >= 15 is 0 Å². The number of unbranched alkanes of at least 4 members (excludes halogenated alkanes) is 1. The van der Waals surface area contributed by atoms with Crippen molar-refractivity contribution in [3.05, 3.63) is 0 Å². The molecule has 120 valence electrons. The van der Waals surface area contributed by atoms with Gasteiger partial charge in [0, 0.05) is 13.1 Å². The molecule has 20 heavy (non-hydrogen) atoms. The molecule has 2 unspecified atom stereocenters. The number of hydrogen-bond acceptors (Lipinski definition) is 3. The van der Waals surface area contributed by atoms with Gasteiger partial charge in [-0.25, -0.2) is 12.7 Å². The van der Waals surface area contributed by atoms with E-state index in [1.807, 2.05) is 0 Å². The van der Waals surface area contributed by atoms with Crippen LogP contribution >= 0.6 is 0 Å². The second-order valence-electron chi connectivity index (χ2n) is 6.12. The van der Waals surface area contributed by atoms with Crippen molar-refractivity contribution in [2.24, 2.45) is 5.92 Å². The quantitative estimate of drug-likeness (QED) is 0.666. The van der Waals surface area contributed by atoms with Gasteiger partial charge in [0.25, 0.3) is 0 Å². The number of sulfonamides is 1. The van der Waals surface area contributed by atoms with Gasteiger partial charge in [0.15, 0.2) is 0 Å². The van der Waals surface area contributed by atoms with E-state index in [9.17, 15) is 8.42 Å². The first-order valence-electron chi connectivity index (χ1n) is 8.15. The summed E-state index contributed by atoms with van der Waals surface area (Å²) in [6.45, 7) is 6.27. The molecule has 0 aliphatic heterocycles. The molecule has 1 aliphatic carbocycles. The lowest BCUT2D eigenvalue weighted by atomic mass is 9.86. The molecule has 0 bridgehead atoms. The fourth-order valence-corrected chi connectivity index (χ4v) is 4.61. The largest absolute Gasteiger partial charge is 0.317 e. The van der Waals surface area contributed by atoms with Crippen LogP contribution in [0.2, 0.25) is 0 Å². The first-order valence-corrected chi connectivity index (χ1v) is 9.76. The molecule has 1 N–H and O–H groups in total. The van der Waals surface area contributed by atoms with E-state index in [-0.39, 0.29) is 6.04 Å². The van der Waals surface area contributed by atoms with E-state index < -0.39 is 10.0 Å². The van der Waals surface area contributed by atoms with Crippen molar-refractivity contribution in [2.45, 2.75) is 64.8 Å². The fraction of sp³-hybridized carbons (Fsp3) is 1.00. The predicted octanol–water partition coefficient (Wildman–Crippen LogP) is 2.61. The zero-order valence-electron chi connectivity index (χ0n) is 13.4. The molecular weight excluding hydrogens is 272 g/mol. The molecule has 0 aromatic rings. The fourth-order valence-electron chi connectivity index (χ4n) is 3.02. The number of hydrogen-bond donors (Lipinski definition) is 1. The van der Waals surface area contributed by atoms with Crippen LogP contribution in [0.5, 0.6) is 0 Å². The third-order valence-electron chi connectivity index (χ3n) is 4.40. The summed E-state index contributed by atoms with van der Waals surface area (Å²) in [5, 5.41) is 3.31.